The molecule has 0 saturated heterocycles. The summed E-state index contributed by atoms with van der Waals surface area (Å²) in [5, 5.41) is 15.4. The van der Waals surface area contributed by atoms with E-state index in [1.807, 2.05) is 30.3 Å². The third-order valence-electron chi connectivity index (χ3n) is 4.01. The van der Waals surface area contributed by atoms with Crippen molar-refractivity contribution < 1.29 is 19.4 Å². The fraction of sp³-hybridized carbons (Fsp3) is 0.400. The summed E-state index contributed by atoms with van der Waals surface area (Å²) in [6.07, 6.45) is 2.37. The SMILES string of the molecule is CCCCOc1ccc2ccccc2c1CCNC(=O)CCC(=O)[O-]. The van der Waals surface area contributed by atoms with Crippen molar-refractivity contribution in [2.75, 3.05) is 13.2 Å². The summed E-state index contributed by atoms with van der Waals surface area (Å²) in [5.74, 6) is -0.648. The number of hydrogen-bond donors (Lipinski definition) is 1. The van der Waals surface area contributed by atoms with Gasteiger partial charge in [0.05, 0.1) is 6.61 Å². The first kappa shape index (κ1) is 18.8. The smallest absolute Gasteiger partial charge is 0.220 e. The van der Waals surface area contributed by atoms with Crippen molar-refractivity contribution in [2.45, 2.75) is 39.0 Å². The summed E-state index contributed by atoms with van der Waals surface area (Å²) < 4.78 is 5.92. The fourth-order valence-corrected chi connectivity index (χ4v) is 2.67. The van der Waals surface area contributed by atoms with E-state index < -0.39 is 5.97 Å². The lowest BCUT2D eigenvalue weighted by Crippen LogP contribution is -2.29. The predicted octanol–water partition coefficient (Wildman–Crippen LogP) is 2.21. The van der Waals surface area contributed by atoms with Gasteiger partial charge in [0.25, 0.3) is 0 Å². The van der Waals surface area contributed by atoms with Crippen LogP contribution in [0.5, 0.6) is 5.75 Å². The lowest BCUT2D eigenvalue weighted by Gasteiger charge is -2.15. The molecule has 5 nitrogen and oxygen atoms in total. The van der Waals surface area contributed by atoms with Gasteiger partial charge >= 0.3 is 0 Å². The van der Waals surface area contributed by atoms with Crippen LogP contribution in [0.15, 0.2) is 36.4 Å². The monoisotopic (exact) mass is 342 g/mol. The average molecular weight is 342 g/mol. The van der Waals surface area contributed by atoms with Crippen LogP contribution < -0.4 is 15.2 Å². The topological polar surface area (TPSA) is 78.5 Å². The largest absolute Gasteiger partial charge is 0.550 e. The zero-order chi connectivity index (χ0) is 18.1. The summed E-state index contributed by atoms with van der Waals surface area (Å²) in [4.78, 5) is 22.1. The number of benzene rings is 2. The molecule has 2 rings (SSSR count). The number of carboxylic acids is 1. The Morgan fingerprint density at radius 3 is 2.68 bits per heavy atom. The van der Waals surface area contributed by atoms with Gasteiger partial charge in [-0.3, -0.25) is 4.79 Å². The Balaban J connectivity index is 2.06. The van der Waals surface area contributed by atoms with Gasteiger partial charge in [-0.15, -0.1) is 0 Å². The maximum Gasteiger partial charge on any atom is 0.220 e. The molecule has 0 aliphatic heterocycles. The maximum absolute atomic E-state index is 11.7. The first-order chi connectivity index (χ1) is 12.1. The zero-order valence-corrected chi connectivity index (χ0v) is 14.5. The van der Waals surface area contributed by atoms with Crippen LogP contribution in [0.2, 0.25) is 0 Å². The number of fused-ring (bicyclic) bond motifs is 1. The summed E-state index contributed by atoms with van der Waals surface area (Å²) in [7, 11) is 0. The predicted molar refractivity (Wildman–Crippen MR) is 95.3 cm³/mol. The molecule has 0 radical (unpaired) electrons. The number of hydrogen-bond acceptors (Lipinski definition) is 4. The Morgan fingerprint density at radius 1 is 1.12 bits per heavy atom. The fourth-order valence-electron chi connectivity index (χ4n) is 2.67. The van der Waals surface area contributed by atoms with E-state index in [1.54, 1.807) is 0 Å². The molecular formula is C20H24NO4-. The quantitative estimate of drug-likeness (QED) is 0.672. The highest BCUT2D eigenvalue weighted by Crippen LogP contribution is 2.28. The number of ether oxygens (including phenoxy) is 1. The molecule has 2 aromatic rings. The molecule has 1 amide bonds. The molecule has 0 heterocycles. The summed E-state index contributed by atoms with van der Waals surface area (Å²) in [6.45, 7) is 3.22. The average Bonchev–Trinajstić information content (AvgIpc) is 2.61. The number of nitrogens with one attached hydrogen (secondary N) is 1. The van der Waals surface area contributed by atoms with E-state index in [0.29, 0.717) is 19.6 Å². The molecule has 5 heteroatoms. The van der Waals surface area contributed by atoms with Crippen molar-refractivity contribution in [1.82, 2.24) is 5.32 Å². The highest BCUT2D eigenvalue weighted by Gasteiger charge is 2.10. The second-order valence-corrected chi connectivity index (χ2v) is 5.94. The Kier molecular flexibility index (Phi) is 7.26. The van der Waals surface area contributed by atoms with Gasteiger partial charge in [-0.05, 0) is 36.1 Å². The van der Waals surface area contributed by atoms with Gasteiger partial charge in [-0.25, -0.2) is 0 Å². The number of carboxylic acid groups (broad SMARTS) is 1. The first-order valence-electron chi connectivity index (χ1n) is 8.71. The van der Waals surface area contributed by atoms with E-state index in [4.69, 9.17) is 4.74 Å². The molecule has 0 bridgehead atoms. The number of amides is 1. The molecule has 0 spiro atoms. The van der Waals surface area contributed by atoms with Crippen LogP contribution in [-0.2, 0) is 16.0 Å². The number of rotatable bonds is 10. The normalized spacial score (nSPS) is 10.6. The van der Waals surface area contributed by atoms with Crippen molar-refractivity contribution in [3.05, 3.63) is 42.0 Å². The number of carbonyl (C=O) groups excluding carboxylic acids is 2. The van der Waals surface area contributed by atoms with Gasteiger partial charge in [0.2, 0.25) is 5.91 Å². The van der Waals surface area contributed by atoms with Crippen LogP contribution in [0, 0.1) is 0 Å². The second kappa shape index (κ2) is 9.67. The van der Waals surface area contributed by atoms with Crippen LogP contribution in [0.25, 0.3) is 10.8 Å². The molecule has 2 aromatic carbocycles. The Morgan fingerprint density at radius 2 is 1.92 bits per heavy atom. The van der Waals surface area contributed by atoms with Gasteiger partial charge in [-0.2, -0.15) is 0 Å². The van der Waals surface area contributed by atoms with Crippen molar-refractivity contribution in [3.63, 3.8) is 0 Å². The summed E-state index contributed by atoms with van der Waals surface area (Å²) in [6, 6.07) is 12.1. The van der Waals surface area contributed by atoms with Crippen molar-refractivity contribution in [3.8, 4) is 5.75 Å². The van der Waals surface area contributed by atoms with E-state index in [2.05, 4.69) is 18.3 Å². The minimum Gasteiger partial charge on any atom is -0.550 e. The molecule has 0 aromatic heterocycles. The summed E-state index contributed by atoms with van der Waals surface area (Å²) in [5.41, 5.74) is 1.06. The van der Waals surface area contributed by atoms with Gasteiger partial charge in [0.1, 0.15) is 5.75 Å². The third-order valence-corrected chi connectivity index (χ3v) is 4.01. The van der Waals surface area contributed by atoms with Crippen LogP contribution in [0.3, 0.4) is 0 Å². The molecule has 0 atom stereocenters. The molecule has 0 saturated carbocycles. The van der Waals surface area contributed by atoms with Crippen molar-refractivity contribution in [2.24, 2.45) is 0 Å². The Hall–Kier alpha value is -2.56. The number of unbranched alkanes of at least 4 members (excludes halogenated alkanes) is 1. The molecule has 0 fully saturated rings. The molecule has 0 unspecified atom stereocenters. The van der Waals surface area contributed by atoms with E-state index in [9.17, 15) is 14.7 Å². The molecule has 0 aliphatic carbocycles. The standard InChI is InChI=1S/C20H25NO4/c1-2-3-14-25-18-9-8-15-6-4-5-7-16(15)17(18)12-13-21-19(22)10-11-20(23)24/h4-9H,2-3,10-14H2,1H3,(H,21,22)(H,23,24)/p-1. The molecular weight excluding hydrogens is 318 g/mol. The molecule has 134 valence electrons. The van der Waals surface area contributed by atoms with Crippen LogP contribution in [0.1, 0.15) is 38.2 Å². The summed E-state index contributed by atoms with van der Waals surface area (Å²) >= 11 is 0. The molecule has 1 N–H and O–H groups in total. The van der Waals surface area contributed by atoms with Crippen LogP contribution in [-0.4, -0.2) is 25.0 Å². The second-order valence-electron chi connectivity index (χ2n) is 5.94. The zero-order valence-electron chi connectivity index (χ0n) is 14.5. The minimum atomic E-state index is -1.21. The first-order valence-corrected chi connectivity index (χ1v) is 8.71. The highest BCUT2D eigenvalue weighted by atomic mass is 16.5. The number of aliphatic carboxylic acids is 1. The highest BCUT2D eigenvalue weighted by molar-refractivity contribution is 5.88. The third kappa shape index (κ3) is 5.78. The van der Waals surface area contributed by atoms with Gasteiger partial charge in [0, 0.05) is 24.5 Å². The van der Waals surface area contributed by atoms with Crippen molar-refractivity contribution in [1.29, 1.82) is 0 Å². The van der Waals surface area contributed by atoms with Crippen LogP contribution >= 0.6 is 0 Å². The maximum atomic E-state index is 11.7. The van der Waals surface area contributed by atoms with Gasteiger partial charge in [0.15, 0.2) is 0 Å². The Labute approximate surface area is 148 Å². The van der Waals surface area contributed by atoms with Crippen LogP contribution in [0.4, 0.5) is 0 Å². The molecule has 25 heavy (non-hydrogen) atoms. The number of carbonyl (C=O) groups is 2. The van der Waals surface area contributed by atoms with E-state index >= 15 is 0 Å². The van der Waals surface area contributed by atoms with E-state index in [0.717, 1.165) is 34.9 Å². The minimum absolute atomic E-state index is 0.0578. The van der Waals surface area contributed by atoms with E-state index in [-0.39, 0.29) is 18.7 Å². The van der Waals surface area contributed by atoms with Gasteiger partial charge in [-0.1, -0.05) is 43.7 Å². The van der Waals surface area contributed by atoms with E-state index in [1.165, 1.54) is 0 Å². The molecule has 0 aliphatic rings. The lowest BCUT2D eigenvalue weighted by molar-refractivity contribution is -0.305. The Bertz CT molecular complexity index is 727. The lowest BCUT2D eigenvalue weighted by atomic mass is 10.0. The van der Waals surface area contributed by atoms with Gasteiger partial charge < -0.3 is 20.0 Å². The van der Waals surface area contributed by atoms with Crippen molar-refractivity contribution >= 4 is 22.6 Å².